The third-order valence-corrected chi connectivity index (χ3v) is 4.47. The van der Waals surface area contributed by atoms with Gasteiger partial charge in [0.25, 0.3) is 0 Å². The van der Waals surface area contributed by atoms with Crippen molar-refractivity contribution < 1.29 is 4.74 Å². The fourth-order valence-corrected chi connectivity index (χ4v) is 3.10. The van der Waals surface area contributed by atoms with Crippen LogP contribution in [-0.2, 0) is 4.74 Å². The standard InChI is InChI=1S/C19H32N4O.HI/c1-4-24-14-11-21-19(20-3)22-15-18(23-12-5-6-13-23)17-9-7-16(2)8-10-17;/h7-10,18H,4-6,11-15H2,1-3H3,(H2,20,21,22);1H. The Bertz CT molecular complexity index is 501. The molecule has 1 aliphatic heterocycles. The summed E-state index contributed by atoms with van der Waals surface area (Å²) in [6.45, 7) is 9.58. The number of rotatable bonds is 8. The molecule has 142 valence electrons. The molecule has 0 spiro atoms. The minimum atomic E-state index is 0. The number of ether oxygens (including phenoxy) is 1. The van der Waals surface area contributed by atoms with Crippen molar-refractivity contribution in [3.8, 4) is 0 Å². The molecule has 2 N–H and O–H groups in total. The lowest BCUT2D eigenvalue weighted by molar-refractivity contribution is 0.152. The third-order valence-electron chi connectivity index (χ3n) is 4.47. The average molecular weight is 460 g/mol. The Morgan fingerprint density at radius 1 is 1.20 bits per heavy atom. The van der Waals surface area contributed by atoms with Gasteiger partial charge in [-0.2, -0.15) is 0 Å². The minimum absolute atomic E-state index is 0. The van der Waals surface area contributed by atoms with Crippen molar-refractivity contribution in [2.75, 3.05) is 46.4 Å². The molecule has 5 nitrogen and oxygen atoms in total. The molecule has 1 heterocycles. The molecule has 1 atom stereocenters. The largest absolute Gasteiger partial charge is 0.380 e. The van der Waals surface area contributed by atoms with Gasteiger partial charge in [0, 0.05) is 26.7 Å². The Hall–Kier alpha value is -0.860. The molecule has 0 radical (unpaired) electrons. The number of halogens is 1. The Balaban J connectivity index is 0.00000312. The summed E-state index contributed by atoms with van der Waals surface area (Å²) in [6, 6.07) is 9.30. The van der Waals surface area contributed by atoms with Crippen LogP contribution in [-0.4, -0.2) is 57.3 Å². The summed E-state index contributed by atoms with van der Waals surface area (Å²) in [5, 5.41) is 6.78. The fourth-order valence-electron chi connectivity index (χ4n) is 3.10. The first-order valence-corrected chi connectivity index (χ1v) is 9.07. The summed E-state index contributed by atoms with van der Waals surface area (Å²) in [5.74, 6) is 0.839. The van der Waals surface area contributed by atoms with Crippen LogP contribution in [0.25, 0.3) is 0 Å². The maximum absolute atomic E-state index is 5.36. The van der Waals surface area contributed by atoms with Crippen LogP contribution < -0.4 is 10.6 Å². The molecule has 0 bridgehead atoms. The van der Waals surface area contributed by atoms with E-state index in [0.717, 1.165) is 25.7 Å². The predicted molar refractivity (Wildman–Crippen MR) is 116 cm³/mol. The summed E-state index contributed by atoms with van der Waals surface area (Å²) in [7, 11) is 1.81. The molecule has 0 saturated carbocycles. The van der Waals surface area contributed by atoms with Gasteiger partial charge in [0.1, 0.15) is 0 Å². The fraction of sp³-hybridized carbons (Fsp3) is 0.632. The van der Waals surface area contributed by atoms with Crippen LogP contribution in [0.15, 0.2) is 29.3 Å². The molecule has 0 amide bonds. The number of hydrogen-bond acceptors (Lipinski definition) is 3. The molecule has 0 aliphatic carbocycles. The maximum atomic E-state index is 5.36. The molecule has 25 heavy (non-hydrogen) atoms. The molecule has 1 unspecified atom stereocenters. The van der Waals surface area contributed by atoms with E-state index in [1.54, 1.807) is 0 Å². The zero-order chi connectivity index (χ0) is 17.2. The SMILES string of the molecule is CCOCCNC(=NC)NCC(c1ccc(C)cc1)N1CCCC1.I. The second kappa shape index (κ2) is 12.5. The van der Waals surface area contributed by atoms with Crippen LogP contribution in [0.4, 0.5) is 0 Å². The van der Waals surface area contributed by atoms with Crippen LogP contribution in [0.5, 0.6) is 0 Å². The average Bonchev–Trinajstić information content (AvgIpc) is 3.13. The minimum Gasteiger partial charge on any atom is -0.380 e. The highest BCUT2D eigenvalue weighted by atomic mass is 127. The van der Waals surface area contributed by atoms with Gasteiger partial charge in [-0.25, -0.2) is 0 Å². The lowest BCUT2D eigenvalue weighted by atomic mass is 10.0. The number of nitrogens with zero attached hydrogens (tertiary/aromatic N) is 2. The first-order chi connectivity index (χ1) is 11.7. The number of guanidine groups is 1. The van der Waals surface area contributed by atoms with E-state index in [-0.39, 0.29) is 24.0 Å². The zero-order valence-corrected chi connectivity index (χ0v) is 18.1. The molecule has 1 fully saturated rings. The van der Waals surface area contributed by atoms with Gasteiger partial charge in [-0.3, -0.25) is 9.89 Å². The van der Waals surface area contributed by atoms with Crippen molar-refractivity contribution in [1.82, 2.24) is 15.5 Å². The van der Waals surface area contributed by atoms with Gasteiger partial charge in [-0.05, 0) is 45.3 Å². The van der Waals surface area contributed by atoms with Crippen LogP contribution in [0.2, 0.25) is 0 Å². The van der Waals surface area contributed by atoms with Crippen molar-refractivity contribution in [1.29, 1.82) is 0 Å². The lowest BCUT2D eigenvalue weighted by Crippen LogP contribution is -2.43. The number of aryl methyl sites for hydroxylation is 1. The second-order valence-electron chi connectivity index (χ2n) is 6.25. The number of benzene rings is 1. The van der Waals surface area contributed by atoms with E-state index in [1.807, 2.05) is 14.0 Å². The molecule has 1 aromatic rings. The van der Waals surface area contributed by atoms with E-state index in [2.05, 4.69) is 51.7 Å². The van der Waals surface area contributed by atoms with Gasteiger partial charge >= 0.3 is 0 Å². The second-order valence-corrected chi connectivity index (χ2v) is 6.25. The van der Waals surface area contributed by atoms with Crippen LogP contribution in [0.1, 0.15) is 36.9 Å². The first kappa shape index (κ1) is 22.2. The Kier molecular flexibility index (Phi) is 11.1. The molecule has 1 saturated heterocycles. The molecule has 0 aromatic heterocycles. The molecule has 1 aliphatic rings. The summed E-state index contributed by atoms with van der Waals surface area (Å²) in [5.41, 5.74) is 2.68. The topological polar surface area (TPSA) is 48.9 Å². The van der Waals surface area contributed by atoms with Crippen LogP contribution in [0, 0.1) is 6.92 Å². The summed E-state index contributed by atoms with van der Waals surface area (Å²) >= 11 is 0. The van der Waals surface area contributed by atoms with Crippen molar-refractivity contribution in [2.45, 2.75) is 32.7 Å². The Morgan fingerprint density at radius 3 is 2.48 bits per heavy atom. The van der Waals surface area contributed by atoms with Crippen molar-refractivity contribution >= 4 is 29.9 Å². The third kappa shape index (κ3) is 7.50. The zero-order valence-electron chi connectivity index (χ0n) is 15.8. The predicted octanol–water partition coefficient (Wildman–Crippen LogP) is 2.95. The van der Waals surface area contributed by atoms with Crippen LogP contribution >= 0.6 is 24.0 Å². The van der Waals surface area contributed by atoms with Gasteiger partial charge in [-0.1, -0.05) is 29.8 Å². The molecular formula is C19H33IN4O. The molecule has 2 rings (SSSR count). The number of aliphatic imine (C=N–C) groups is 1. The maximum Gasteiger partial charge on any atom is 0.191 e. The lowest BCUT2D eigenvalue weighted by Gasteiger charge is -2.29. The highest BCUT2D eigenvalue weighted by Gasteiger charge is 2.23. The number of hydrogen-bond donors (Lipinski definition) is 2. The monoisotopic (exact) mass is 460 g/mol. The highest BCUT2D eigenvalue weighted by molar-refractivity contribution is 14.0. The van der Waals surface area contributed by atoms with Gasteiger partial charge in [0.05, 0.1) is 12.6 Å². The highest BCUT2D eigenvalue weighted by Crippen LogP contribution is 2.24. The summed E-state index contributed by atoms with van der Waals surface area (Å²) in [6.07, 6.45) is 2.59. The summed E-state index contributed by atoms with van der Waals surface area (Å²) < 4.78 is 5.36. The van der Waals surface area contributed by atoms with E-state index < -0.39 is 0 Å². The Morgan fingerprint density at radius 2 is 1.88 bits per heavy atom. The number of nitrogens with one attached hydrogen (secondary N) is 2. The smallest absolute Gasteiger partial charge is 0.191 e. The first-order valence-electron chi connectivity index (χ1n) is 9.07. The number of likely N-dealkylation sites (tertiary alicyclic amines) is 1. The van der Waals surface area contributed by atoms with Crippen molar-refractivity contribution in [2.24, 2.45) is 4.99 Å². The van der Waals surface area contributed by atoms with E-state index in [9.17, 15) is 0 Å². The van der Waals surface area contributed by atoms with E-state index >= 15 is 0 Å². The normalized spacial score (nSPS) is 16.4. The van der Waals surface area contributed by atoms with E-state index in [1.165, 1.54) is 37.1 Å². The van der Waals surface area contributed by atoms with Crippen molar-refractivity contribution in [3.63, 3.8) is 0 Å². The molecule has 6 heteroatoms. The Labute approximate surface area is 169 Å². The van der Waals surface area contributed by atoms with Crippen molar-refractivity contribution in [3.05, 3.63) is 35.4 Å². The van der Waals surface area contributed by atoms with Gasteiger partial charge < -0.3 is 15.4 Å². The summed E-state index contributed by atoms with van der Waals surface area (Å²) in [4.78, 5) is 6.89. The molecular weight excluding hydrogens is 427 g/mol. The van der Waals surface area contributed by atoms with Crippen LogP contribution in [0.3, 0.4) is 0 Å². The molecule has 1 aromatic carbocycles. The van der Waals surface area contributed by atoms with Gasteiger partial charge in [0.15, 0.2) is 5.96 Å². The van der Waals surface area contributed by atoms with E-state index in [4.69, 9.17) is 4.74 Å². The van der Waals surface area contributed by atoms with Gasteiger partial charge in [0.2, 0.25) is 0 Å². The quantitative estimate of drug-likeness (QED) is 0.271. The van der Waals surface area contributed by atoms with E-state index in [0.29, 0.717) is 12.6 Å². The van der Waals surface area contributed by atoms with Gasteiger partial charge in [-0.15, -0.1) is 24.0 Å².